The van der Waals surface area contributed by atoms with Gasteiger partial charge in [-0.25, -0.2) is 9.48 Å². The average Bonchev–Trinajstić information content (AvgIpc) is 3.05. The van der Waals surface area contributed by atoms with Gasteiger partial charge in [-0.05, 0) is 42.8 Å². The molecule has 0 bridgehead atoms. The molecule has 3 aromatic rings. The van der Waals surface area contributed by atoms with Gasteiger partial charge >= 0.3 is 5.97 Å². The molecule has 9 heteroatoms. The van der Waals surface area contributed by atoms with Gasteiger partial charge in [-0.3, -0.25) is 9.59 Å². The summed E-state index contributed by atoms with van der Waals surface area (Å²) < 4.78 is 6.65. The van der Waals surface area contributed by atoms with E-state index in [4.69, 9.17) is 16.3 Å². The minimum absolute atomic E-state index is 0.188. The van der Waals surface area contributed by atoms with E-state index in [0.717, 1.165) is 5.56 Å². The molecule has 8 nitrogen and oxygen atoms in total. The van der Waals surface area contributed by atoms with E-state index in [9.17, 15) is 14.4 Å². The van der Waals surface area contributed by atoms with Crippen LogP contribution in [0.3, 0.4) is 0 Å². The first kappa shape index (κ1) is 23.7. The summed E-state index contributed by atoms with van der Waals surface area (Å²) in [7, 11) is 0. The summed E-state index contributed by atoms with van der Waals surface area (Å²) in [5.41, 5.74) is 3.44. The number of benzene rings is 2. The molecule has 1 heterocycles. The molecule has 0 saturated heterocycles. The average molecular weight is 467 g/mol. The monoisotopic (exact) mass is 466 g/mol. The van der Waals surface area contributed by atoms with E-state index in [-0.39, 0.29) is 5.91 Å². The molecule has 0 aliphatic heterocycles. The van der Waals surface area contributed by atoms with Crippen LogP contribution in [0.5, 0.6) is 0 Å². The van der Waals surface area contributed by atoms with Gasteiger partial charge in [0.2, 0.25) is 5.91 Å². The first-order valence-electron chi connectivity index (χ1n) is 10.1. The number of amides is 2. The standard InChI is InChI=1S/C24H23ClN4O4/c1-16-21(24(25)29(28-16)14-18-6-4-3-5-7-18)12-13-23(32)33-15-22(31)27-20-10-8-19(9-11-20)26-17(2)30/h3-13H,14-15H2,1-2H3,(H,26,30)(H,27,31)/b13-12+. The Balaban J connectivity index is 1.51. The second-order valence-electron chi connectivity index (χ2n) is 7.18. The van der Waals surface area contributed by atoms with Crippen LogP contribution in [0.1, 0.15) is 23.7 Å². The molecule has 0 saturated carbocycles. The van der Waals surface area contributed by atoms with Crippen molar-refractivity contribution in [3.63, 3.8) is 0 Å². The first-order valence-corrected chi connectivity index (χ1v) is 10.5. The second kappa shape index (κ2) is 11.1. The van der Waals surface area contributed by atoms with Crippen LogP contribution in [0.4, 0.5) is 11.4 Å². The smallest absolute Gasteiger partial charge is 0.331 e. The zero-order chi connectivity index (χ0) is 23.8. The number of nitrogens with one attached hydrogen (secondary N) is 2. The molecule has 0 aliphatic rings. The summed E-state index contributed by atoms with van der Waals surface area (Å²) in [6, 6.07) is 16.3. The molecule has 2 amide bonds. The fraction of sp³-hybridized carbons (Fsp3) is 0.167. The molecular formula is C24H23ClN4O4. The molecule has 0 spiro atoms. The number of hydrogen-bond donors (Lipinski definition) is 2. The maximum absolute atomic E-state index is 12.0. The van der Waals surface area contributed by atoms with E-state index in [1.165, 1.54) is 19.1 Å². The number of hydrogen-bond acceptors (Lipinski definition) is 5. The number of esters is 1. The van der Waals surface area contributed by atoms with Crippen molar-refractivity contribution in [2.24, 2.45) is 0 Å². The van der Waals surface area contributed by atoms with Crippen LogP contribution in [0.25, 0.3) is 6.08 Å². The third-order valence-electron chi connectivity index (χ3n) is 4.51. The van der Waals surface area contributed by atoms with Crippen LogP contribution >= 0.6 is 11.6 Å². The summed E-state index contributed by atoms with van der Waals surface area (Å²) in [5.74, 6) is -1.36. The summed E-state index contributed by atoms with van der Waals surface area (Å²) in [4.78, 5) is 35.1. The van der Waals surface area contributed by atoms with E-state index in [2.05, 4.69) is 15.7 Å². The van der Waals surface area contributed by atoms with E-state index >= 15 is 0 Å². The highest BCUT2D eigenvalue weighted by molar-refractivity contribution is 6.31. The predicted octanol–water partition coefficient (Wildman–Crippen LogP) is 4.05. The molecular weight excluding hydrogens is 444 g/mol. The number of carbonyl (C=O) groups excluding carboxylic acids is 3. The summed E-state index contributed by atoms with van der Waals surface area (Å²) in [6.45, 7) is 3.26. The molecule has 2 N–H and O–H groups in total. The summed E-state index contributed by atoms with van der Waals surface area (Å²) in [5, 5.41) is 10.1. The predicted molar refractivity (Wildman–Crippen MR) is 127 cm³/mol. The normalized spacial score (nSPS) is 10.8. The van der Waals surface area contributed by atoms with Gasteiger partial charge in [0.05, 0.1) is 12.2 Å². The van der Waals surface area contributed by atoms with E-state index < -0.39 is 18.5 Å². The topological polar surface area (TPSA) is 102 Å². The van der Waals surface area contributed by atoms with Gasteiger partial charge in [0, 0.05) is 29.9 Å². The van der Waals surface area contributed by atoms with Crippen LogP contribution < -0.4 is 10.6 Å². The van der Waals surface area contributed by atoms with Crippen LogP contribution in [-0.4, -0.2) is 34.2 Å². The number of anilines is 2. The Kier molecular flexibility index (Phi) is 7.99. The maximum Gasteiger partial charge on any atom is 0.331 e. The van der Waals surface area contributed by atoms with Crippen molar-refractivity contribution in [1.29, 1.82) is 0 Å². The lowest BCUT2D eigenvalue weighted by Gasteiger charge is -2.07. The van der Waals surface area contributed by atoms with Crippen LogP contribution in [0, 0.1) is 6.92 Å². The molecule has 0 fully saturated rings. The number of ether oxygens (including phenoxy) is 1. The third-order valence-corrected chi connectivity index (χ3v) is 4.90. The van der Waals surface area contributed by atoms with Crippen molar-refractivity contribution < 1.29 is 19.1 Å². The van der Waals surface area contributed by atoms with Crippen molar-refractivity contribution in [1.82, 2.24) is 9.78 Å². The number of aryl methyl sites for hydroxylation is 1. The number of halogens is 1. The van der Waals surface area contributed by atoms with Gasteiger partial charge in [-0.15, -0.1) is 0 Å². The molecule has 170 valence electrons. The van der Waals surface area contributed by atoms with Crippen molar-refractivity contribution in [2.75, 3.05) is 17.2 Å². The zero-order valence-electron chi connectivity index (χ0n) is 18.2. The molecule has 0 atom stereocenters. The summed E-state index contributed by atoms with van der Waals surface area (Å²) in [6.07, 6.45) is 2.73. The number of nitrogens with zero attached hydrogens (tertiary/aromatic N) is 2. The SMILES string of the molecule is CC(=O)Nc1ccc(NC(=O)COC(=O)/C=C/c2c(C)nn(Cc3ccccc3)c2Cl)cc1. The van der Waals surface area contributed by atoms with Gasteiger partial charge in [-0.2, -0.15) is 5.10 Å². The van der Waals surface area contributed by atoms with Gasteiger partial charge in [0.25, 0.3) is 5.91 Å². The molecule has 2 aromatic carbocycles. The molecule has 0 aliphatic carbocycles. The molecule has 33 heavy (non-hydrogen) atoms. The van der Waals surface area contributed by atoms with Crippen molar-refractivity contribution in [3.05, 3.63) is 82.6 Å². The second-order valence-corrected chi connectivity index (χ2v) is 7.54. The lowest BCUT2D eigenvalue weighted by atomic mass is 10.2. The number of carbonyl (C=O) groups is 3. The van der Waals surface area contributed by atoms with Gasteiger partial charge in [0.15, 0.2) is 6.61 Å². The Hall–Kier alpha value is -3.91. The van der Waals surface area contributed by atoms with Crippen LogP contribution in [0.15, 0.2) is 60.7 Å². The Labute approximate surface area is 196 Å². The minimum Gasteiger partial charge on any atom is -0.452 e. The van der Waals surface area contributed by atoms with Crippen molar-refractivity contribution in [2.45, 2.75) is 20.4 Å². The Morgan fingerprint density at radius 1 is 1.03 bits per heavy atom. The molecule has 1 aromatic heterocycles. The molecule has 0 unspecified atom stereocenters. The van der Waals surface area contributed by atoms with Crippen molar-refractivity contribution >= 4 is 46.8 Å². The maximum atomic E-state index is 12.0. The van der Waals surface area contributed by atoms with Gasteiger partial charge in [-0.1, -0.05) is 41.9 Å². The lowest BCUT2D eigenvalue weighted by molar-refractivity contribution is -0.142. The van der Waals surface area contributed by atoms with E-state index in [1.54, 1.807) is 35.9 Å². The molecule has 3 rings (SSSR count). The highest BCUT2D eigenvalue weighted by Gasteiger charge is 2.12. The zero-order valence-corrected chi connectivity index (χ0v) is 18.9. The Morgan fingerprint density at radius 3 is 2.30 bits per heavy atom. The quantitative estimate of drug-likeness (QED) is 0.385. The highest BCUT2D eigenvalue weighted by atomic mass is 35.5. The number of rotatable bonds is 8. The fourth-order valence-corrected chi connectivity index (χ4v) is 3.29. The van der Waals surface area contributed by atoms with Gasteiger partial charge < -0.3 is 15.4 Å². The molecule has 0 radical (unpaired) electrons. The van der Waals surface area contributed by atoms with E-state index in [0.29, 0.717) is 34.3 Å². The van der Waals surface area contributed by atoms with Crippen molar-refractivity contribution in [3.8, 4) is 0 Å². The number of aromatic nitrogens is 2. The lowest BCUT2D eigenvalue weighted by Crippen LogP contribution is -2.20. The van der Waals surface area contributed by atoms with Crippen LogP contribution in [-0.2, 0) is 25.7 Å². The minimum atomic E-state index is -0.683. The Morgan fingerprint density at radius 2 is 1.67 bits per heavy atom. The third kappa shape index (κ3) is 7.05. The Bertz CT molecular complexity index is 1170. The first-order chi connectivity index (χ1) is 15.8. The highest BCUT2D eigenvalue weighted by Crippen LogP contribution is 2.22. The van der Waals surface area contributed by atoms with Gasteiger partial charge in [0.1, 0.15) is 5.15 Å². The largest absolute Gasteiger partial charge is 0.452 e. The van der Waals surface area contributed by atoms with Crippen LogP contribution in [0.2, 0.25) is 5.15 Å². The summed E-state index contributed by atoms with van der Waals surface area (Å²) >= 11 is 6.43. The van der Waals surface area contributed by atoms with E-state index in [1.807, 2.05) is 30.3 Å². The fourth-order valence-electron chi connectivity index (χ4n) is 2.99.